The van der Waals surface area contributed by atoms with Crippen LogP contribution in [-0.4, -0.2) is 19.9 Å². The second-order valence-corrected chi connectivity index (χ2v) is 6.19. The first kappa shape index (κ1) is 14.6. The van der Waals surface area contributed by atoms with Crippen LogP contribution in [0.15, 0.2) is 29.2 Å². The molecule has 0 aliphatic heterocycles. The quantitative estimate of drug-likeness (QED) is 0.694. The van der Waals surface area contributed by atoms with Crippen molar-refractivity contribution in [1.82, 2.24) is 4.72 Å². The van der Waals surface area contributed by atoms with E-state index in [2.05, 4.69) is 0 Å². The molecule has 1 amide bonds. The van der Waals surface area contributed by atoms with Gasteiger partial charge >= 0.3 is 0 Å². The van der Waals surface area contributed by atoms with Gasteiger partial charge in [-0.15, -0.1) is 0 Å². The molecule has 0 spiro atoms. The Kier molecular flexibility index (Phi) is 4.10. The topological polar surface area (TPSA) is 115 Å². The minimum atomic E-state index is -3.89. The Balaban J connectivity index is 2.96. The van der Waals surface area contributed by atoms with Crippen LogP contribution in [0.5, 0.6) is 0 Å². The standard InChI is InChI=1S/C11H17N3O3S/c1-11(2,13)10(15)14-18(16,17)9-5-3-8(7-12)4-6-9/h3-6H,7,12-13H2,1-2H3,(H,14,15). The van der Waals surface area contributed by atoms with Crippen LogP contribution in [0.3, 0.4) is 0 Å². The number of hydrogen-bond donors (Lipinski definition) is 3. The first-order chi connectivity index (χ1) is 8.16. The van der Waals surface area contributed by atoms with Gasteiger partial charge in [0.2, 0.25) is 0 Å². The monoisotopic (exact) mass is 271 g/mol. The van der Waals surface area contributed by atoms with Crippen LogP contribution in [0.25, 0.3) is 0 Å². The molecule has 0 fully saturated rings. The number of amides is 1. The third-order valence-electron chi connectivity index (χ3n) is 2.28. The molecule has 7 heteroatoms. The molecule has 1 aromatic rings. The van der Waals surface area contributed by atoms with E-state index in [9.17, 15) is 13.2 Å². The summed E-state index contributed by atoms with van der Waals surface area (Å²) in [6, 6.07) is 5.96. The normalized spacial score (nSPS) is 12.2. The van der Waals surface area contributed by atoms with Crippen LogP contribution in [-0.2, 0) is 21.4 Å². The summed E-state index contributed by atoms with van der Waals surface area (Å²) < 4.78 is 25.7. The maximum atomic E-state index is 11.9. The van der Waals surface area contributed by atoms with Crippen molar-refractivity contribution in [2.45, 2.75) is 30.8 Å². The van der Waals surface area contributed by atoms with Crippen molar-refractivity contribution in [3.63, 3.8) is 0 Å². The van der Waals surface area contributed by atoms with E-state index < -0.39 is 21.5 Å². The van der Waals surface area contributed by atoms with Crippen LogP contribution in [0, 0.1) is 0 Å². The molecule has 0 bridgehead atoms. The third kappa shape index (κ3) is 3.52. The predicted octanol–water partition coefficient (Wildman–Crippen LogP) is -0.312. The molecule has 1 aromatic carbocycles. The van der Waals surface area contributed by atoms with E-state index in [1.807, 2.05) is 4.72 Å². The van der Waals surface area contributed by atoms with Crippen molar-refractivity contribution < 1.29 is 13.2 Å². The van der Waals surface area contributed by atoms with Gasteiger partial charge in [-0.1, -0.05) is 12.1 Å². The van der Waals surface area contributed by atoms with Crippen molar-refractivity contribution in [1.29, 1.82) is 0 Å². The molecule has 0 heterocycles. The largest absolute Gasteiger partial charge is 0.326 e. The molecule has 0 aliphatic rings. The fourth-order valence-electron chi connectivity index (χ4n) is 1.12. The highest BCUT2D eigenvalue weighted by Crippen LogP contribution is 2.11. The summed E-state index contributed by atoms with van der Waals surface area (Å²) in [5, 5.41) is 0. The van der Waals surface area contributed by atoms with Gasteiger partial charge < -0.3 is 11.5 Å². The number of benzene rings is 1. The Morgan fingerprint density at radius 1 is 1.28 bits per heavy atom. The van der Waals surface area contributed by atoms with Crippen molar-refractivity contribution in [2.75, 3.05) is 0 Å². The highest BCUT2D eigenvalue weighted by molar-refractivity contribution is 7.90. The van der Waals surface area contributed by atoms with Gasteiger partial charge in [0.1, 0.15) is 0 Å². The Morgan fingerprint density at radius 3 is 2.17 bits per heavy atom. The summed E-state index contributed by atoms with van der Waals surface area (Å²) in [6.45, 7) is 3.17. The molecule has 0 radical (unpaired) electrons. The number of carbonyl (C=O) groups is 1. The van der Waals surface area contributed by atoms with E-state index in [-0.39, 0.29) is 4.90 Å². The molecule has 0 atom stereocenters. The van der Waals surface area contributed by atoms with Gasteiger partial charge in [0.25, 0.3) is 15.9 Å². The molecule has 6 nitrogen and oxygen atoms in total. The Hall–Kier alpha value is -1.44. The molecule has 1 rings (SSSR count). The summed E-state index contributed by atoms with van der Waals surface area (Å²) in [4.78, 5) is 11.5. The van der Waals surface area contributed by atoms with Crippen molar-refractivity contribution in [3.05, 3.63) is 29.8 Å². The molecule has 18 heavy (non-hydrogen) atoms. The summed E-state index contributed by atoms with van der Waals surface area (Å²) in [6.07, 6.45) is 0. The summed E-state index contributed by atoms with van der Waals surface area (Å²) in [5.41, 5.74) is 10.5. The number of hydrogen-bond acceptors (Lipinski definition) is 5. The molecular formula is C11H17N3O3S. The summed E-state index contributed by atoms with van der Waals surface area (Å²) in [5.74, 6) is -0.759. The SMILES string of the molecule is CC(C)(N)C(=O)NS(=O)(=O)c1ccc(CN)cc1. The van der Waals surface area contributed by atoms with Crippen LogP contribution >= 0.6 is 0 Å². The van der Waals surface area contributed by atoms with Gasteiger partial charge in [0.05, 0.1) is 10.4 Å². The number of rotatable bonds is 4. The molecule has 0 aromatic heterocycles. The highest BCUT2D eigenvalue weighted by Gasteiger charge is 2.27. The van der Waals surface area contributed by atoms with E-state index in [1.54, 1.807) is 12.1 Å². The lowest BCUT2D eigenvalue weighted by molar-refractivity contribution is -0.123. The number of carbonyl (C=O) groups excluding carboxylic acids is 1. The zero-order chi connectivity index (χ0) is 14.0. The van der Waals surface area contributed by atoms with E-state index in [4.69, 9.17) is 11.5 Å². The number of sulfonamides is 1. The molecule has 5 N–H and O–H groups in total. The number of nitrogens with one attached hydrogen (secondary N) is 1. The second kappa shape index (κ2) is 5.05. The van der Waals surface area contributed by atoms with E-state index in [0.717, 1.165) is 5.56 Å². The number of nitrogens with two attached hydrogens (primary N) is 2. The maximum absolute atomic E-state index is 11.9. The van der Waals surface area contributed by atoms with Gasteiger partial charge in [-0.25, -0.2) is 13.1 Å². The smallest absolute Gasteiger partial charge is 0.264 e. The van der Waals surface area contributed by atoms with Gasteiger partial charge in [-0.05, 0) is 31.5 Å². The minimum absolute atomic E-state index is 0.00250. The third-order valence-corrected chi connectivity index (χ3v) is 3.63. The van der Waals surface area contributed by atoms with Crippen LogP contribution in [0.2, 0.25) is 0 Å². The molecular weight excluding hydrogens is 254 g/mol. The van der Waals surface area contributed by atoms with Gasteiger partial charge in [0, 0.05) is 6.54 Å². The average Bonchev–Trinajstić information content (AvgIpc) is 2.27. The predicted molar refractivity (Wildman–Crippen MR) is 67.9 cm³/mol. The fraction of sp³-hybridized carbons (Fsp3) is 0.364. The first-order valence-electron chi connectivity index (χ1n) is 5.32. The lowest BCUT2D eigenvalue weighted by Gasteiger charge is -2.17. The highest BCUT2D eigenvalue weighted by atomic mass is 32.2. The summed E-state index contributed by atoms with van der Waals surface area (Å²) in [7, 11) is -3.89. The first-order valence-corrected chi connectivity index (χ1v) is 6.80. The zero-order valence-corrected chi connectivity index (χ0v) is 11.1. The molecule has 0 aliphatic carbocycles. The van der Waals surface area contributed by atoms with Gasteiger partial charge in [0.15, 0.2) is 0 Å². The van der Waals surface area contributed by atoms with Crippen molar-refractivity contribution >= 4 is 15.9 Å². The fourth-order valence-corrected chi connectivity index (χ4v) is 2.24. The zero-order valence-electron chi connectivity index (χ0n) is 10.3. The lowest BCUT2D eigenvalue weighted by atomic mass is 10.1. The molecule has 0 saturated carbocycles. The van der Waals surface area contributed by atoms with Crippen molar-refractivity contribution in [2.24, 2.45) is 11.5 Å². The minimum Gasteiger partial charge on any atom is -0.326 e. The average molecular weight is 271 g/mol. The summed E-state index contributed by atoms with van der Waals surface area (Å²) >= 11 is 0. The van der Waals surface area contributed by atoms with Gasteiger partial charge in [-0.3, -0.25) is 4.79 Å². The van der Waals surface area contributed by atoms with E-state index >= 15 is 0 Å². The maximum Gasteiger partial charge on any atom is 0.264 e. The Labute approximate surface area is 106 Å². The van der Waals surface area contributed by atoms with Gasteiger partial charge in [-0.2, -0.15) is 0 Å². The molecule has 100 valence electrons. The van der Waals surface area contributed by atoms with Crippen LogP contribution in [0.4, 0.5) is 0 Å². The Morgan fingerprint density at radius 2 is 1.78 bits per heavy atom. The second-order valence-electron chi connectivity index (χ2n) is 4.50. The van der Waals surface area contributed by atoms with E-state index in [1.165, 1.54) is 26.0 Å². The molecule has 0 saturated heterocycles. The van der Waals surface area contributed by atoms with E-state index in [0.29, 0.717) is 6.54 Å². The van der Waals surface area contributed by atoms with Crippen LogP contribution < -0.4 is 16.2 Å². The lowest BCUT2D eigenvalue weighted by Crippen LogP contribution is -2.50. The Bertz CT molecular complexity index is 530. The molecule has 0 unspecified atom stereocenters. The van der Waals surface area contributed by atoms with Crippen molar-refractivity contribution in [3.8, 4) is 0 Å². The van der Waals surface area contributed by atoms with Crippen LogP contribution in [0.1, 0.15) is 19.4 Å².